The minimum atomic E-state index is -4.08. The first-order chi connectivity index (χ1) is 19.5. The van der Waals surface area contributed by atoms with Gasteiger partial charge < -0.3 is 10.2 Å². The van der Waals surface area contributed by atoms with Crippen LogP contribution in [0.1, 0.15) is 61.3 Å². The van der Waals surface area contributed by atoms with Crippen molar-refractivity contribution in [2.24, 2.45) is 0 Å². The maximum Gasteiger partial charge on any atom is 0.264 e. The smallest absolute Gasteiger partial charge is 0.264 e. The van der Waals surface area contributed by atoms with Crippen LogP contribution >= 0.6 is 0 Å². The predicted octanol–water partition coefficient (Wildman–Crippen LogP) is 5.67. The lowest BCUT2D eigenvalue weighted by atomic mass is 9.95. The molecule has 41 heavy (non-hydrogen) atoms. The molecular weight excluding hydrogens is 534 g/mol. The SMILES string of the molecule is Cc1ccc(S(=O)(=O)N(CC(=O)N(Cc2cccc(C)c2)[C@H](C)C(=O)NC2CCCCC2)c2cccc(C)c2)cc1. The first-order valence-electron chi connectivity index (χ1n) is 14.4. The summed E-state index contributed by atoms with van der Waals surface area (Å²) in [7, 11) is -4.08. The number of rotatable bonds is 10. The van der Waals surface area contributed by atoms with Crippen molar-refractivity contribution in [2.75, 3.05) is 10.8 Å². The molecule has 1 aliphatic carbocycles. The molecule has 1 fully saturated rings. The third-order valence-electron chi connectivity index (χ3n) is 7.73. The van der Waals surface area contributed by atoms with Crippen LogP contribution in [-0.2, 0) is 26.2 Å². The van der Waals surface area contributed by atoms with Crippen molar-refractivity contribution in [1.29, 1.82) is 0 Å². The molecule has 1 atom stereocenters. The van der Waals surface area contributed by atoms with E-state index in [4.69, 9.17) is 0 Å². The fourth-order valence-electron chi connectivity index (χ4n) is 5.31. The van der Waals surface area contributed by atoms with Gasteiger partial charge in [0.2, 0.25) is 11.8 Å². The maximum atomic E-state index is 14.1. The lowest BCUT2D eigenvalue weighted by molar-refractivity contribution is -0.139. The summed E-state index contributed by atoms with van der Waals surface area (Å²) in [5.74, 6) is -0.670. The van der Waals surface area contributed by atoms with E-state index in [2.05, 4.69) is 5.32 Å². The summed E-state index contributed by atoms with van der Waals surface area (Å²) in [6, 6.07) is 20.8. The van der Waals surface area contributed by atoms with Gasteiger partial charge in [0.05, 0.1) is 10.6 Å². The van der Waals surface area contributed by atoms with Crippen molar-refractivity contribution in [3.8, 4) is 0 Å². The van der Waals surface area contributed by atoms with E-state index in [1.165, 1.54) is 11.3 Å². The van der Waals surface area contributed by atoms with E-state index < -0.39 is 28.5 Å². The summed E-state index contributed by atoms with van der Waals surface area (Å²) in [6.45, 7) is 7.21. The average Bonchev–Trinajstić information content (AvgIpc) is 2.95. The lowest BCUT2D eigenvalue weighted by Crippen LogP contribution is -2.53. The number of nitrogens with zero attached hydrogens (tertiary/aromatic N) is 2. The standard InChI is InChI=1S/C33H41N3O4S/c1-24-16-18-31(19-17-24)41(39,40)36(30-15-9-11-26(3)21-30)23-32(37)35(22-28-12-8-10-25(2)20-28)27(4)33(38)34-29-13-6-5-7-14-29/h8-12,15-21,27,29H,5-7,13-14,22-23H2,1-4H3,(H,34,38)/t27-/m1/s1. The number of sulfonamides is 1. The van der Waals surface area contributed by atoms with Crippen molar-refractivity contribution < 1.29 is 18.0 Å². The summed E-state index contributed by atoms with van der Waals surface area (Å²) in [5, 5.41) is 3.14. The van der Waals surface area contributed by atoms with Gasteiger partial charge in [-0.15, -0.1) is 0 Å². The Hall–Kier alpha value is -3.65. The Bertz CT molecular complexity index is 1460. The normalized spacial score (nSPS) is 14.7. The van der Waals surface area contributed by atoms with E-state index in [1.54, 1.807) is 49.4 Å². The summed E-state index contributed by atoms with van der Waals surface area (Å²) in [6.07, 6.45) is 5.19. The zero-order valence-corrected chi connectivity index (χ0v) is 25.3. The molecule has 8 heteroatoms. The van der Waals surface area contributed by atoms with Gasteiger partial charge in [0.25, 0.3) is 10.0 Å². The van der Waals surface area contributed by atoms with E-state index in [9.17, 15) is 18.0 Å². The lowest BCUT2D eigenvalue weighted by Gasteiger charge is -2.33. The highest BCUT2D eigenvalue weighted by atomic mass is 32.2. The predicted molar refractivity (Wildman–Crippen MR) is 163 cm³/mol. The third-order valence-corrected chi connectivity index (χ3v) is 9.52. The number of aryl methyl sites for hydroxylation is 3. The number of carbonyl (C=O) groups is 2. The van der Waals surface area contributed by atoms with E-state index >= 15 is 0 Å². The van der Waals surface area contributed by atoms with E-state index in [1.807, 2.05) is 51.1 Å². The van der Waals surface area contributed by atoms with Crippen LogP contribution in [0.25, 0.3) is 0 Å². The quantitative estimate of drug-likeness (QED) is 0.337. The van der Waals surface area contributed by atoms with Crippen LogP contribution in [0.2, 0.25) is 0 Å². The van der Waals surface area contributed by atoms with Crippen LogP contribution < -0.4 is 9.62 Å². The van der Waals surface area contributed by atoms with Gasteiger partial charge in [-0.2, -0.15) is 0 Å². The number of carbonyl (C=O) groups excluding carboxylic acids is 2. The maximum absolute atomic E-state index is 14.1. The summed E-state index contributed by atoms with van der Waals surface area (Å²) in [4.78, 5) is 29.1. The second-order valence-corrected chi connectivity index (χ2v) is 13.1. The van der Waals surface area contributed by atoms with Gasteiger partial charge in [0.15, 0.2) is 0 Å². The highest BCUT2D eigenvalue weighted by Crippen LogP contribution is 2.26. The zero-order valence-electron chi connectivity index (χ0n) is 24.5. The number of hydrogen-bond donors (Lipinski definition) is 1. The van der Waals surface area contributed by atoms with Gasteiger partial charge in [0.1, 0.15) is 12.6 Å². The molecule has 0 spiro atoms. The van der Waals surface area contributed by atoms with Crippen LogP contribution in [-0.4, -0.2) is 43.8 Å². The first kappa shape index (κ1) is 30.3. The highest BCUT2D eigenvalue weighted by molar-refractivity contribution is 7.92. The zero-order chi connectivity index (χ0) is 29.6. The van der Waals surface area contributed by atoms with Crippen molar-refractivity contribution in [2.45, 2.75) is 83.3 Å². The summed E-state index contributed by atoms with van der Waals surface area (Å²) >= 11 is 0. The Balaban J connectivity index is 1.68. The van der Waals surface area contributed by atoms with Crippen LogP contribution in [0.15, 0.2) is 77.7 Å². The number of benzene rings is 3. The number of anilines is 1. The van der Waals surface area contributed by atoms with Crippen LogP contribution in [0, 0.1) is 20.8 Å². The summed E-state index contributed by atoms with van der Waals surface area (Å²) < 4.78 is 29.1. The molecule has 0 bridgehead atoms. The average molecular weight is 576 g/mol. The minimum Gasteiger partial charge on any atom is -0.352 e. The molecule has 4 rings (SSSR count). The van der Waals surface area contributed by atoms with Crippen LogP contribution in [0.3, 0.4) is 0 Å². The molecule has 0 unspecified atom stereocenters. The van der Waals surface area contributed by atoms with Gasteiger partial charge in [-0.05, 0) is 75.9 Å². The van der Waals surface area contributed by atoms with Gasteiger partial charge in [-0.1, -0.05) is 78.9 Å². The molecular formula is C33H41N3O4S. The topological polar surface area (TPSA) is 86.8 Å². The molecule has 1 aliphatic rings. The van der Waals surface area contributed by atoms with Crippen molar-refractivity contribution in [1.82, 2.24) is 10.2 Å². The monoisotopic (exact) mass is 575 g/mol. The molecule has 0 saturated heterocycles. The highest BCUT2D eigenvalue weighted by Gasteiger charge is 2.33. The third kappa shape index (κ3) is 7.76. The number of nitrogens with one attached hydrogen (secondary N) is 1. The van der Waals surface area contributed by atoms with Crippen LogP contribution in [0.5, 0.6) is 0 Å². The van der Waals surface area contributed by atoms with Gasteiger partial charge >= 0.3 is 0 Å². The summed E-state index contributed by atoms with van der Waals surface area (Å²) in [5.41, 5.74) is 4.12. The van der Waals surface area contributed by atoms with Crippen molar-refractivity contribution in [3.05, 3.63) is 95.1 Å². The Morgan fingerprint density at radius 1 is 0.854 bits per heavy atom. The number of hydrogen-bond acceptors (Lipinski definition) is 4. The van der Waals surface area contributed by atoms with Crippen molar-refractivity contribution in [3.63, 3.8) is 0 Å². The first-order valence-corrected chi connectivity index (χ1v) is 15.8. The molecule has 3 aromatic rings. The van der Waals surface area contributed by atoms with E-state index in [-0.39, 0.29) is 23.4 Å². The molecule has 0 radical (unpaired) electrons. The Kier molecular flexibility index (Phi) is 9.86. The molecule has 1 N–H and O–H groups in total. The molecule has 0 aliphatic heterocycles. The van der Waals surface area contributed by atoms with E-state index in [0.717, 1.165) is 52.2 Å². The molecule has 7 nitrogen and oxygen atoms in total. The molecule has 218 valence electrons. The second-order valence-electron chi connectivity index (χ2n) is 11.2. The Morgan fingerprint density at radius 2 is 1.49 bits per heavy atom. The van der Waals surface area contributed by atoms with Gasteiger partial charge in [-0.25, -0.2) is 8.42 Å². The molecule has 3 aromatic carbocycles. The van der Waals surface area contributed by atoms with E-state index in [0.29, 0.717) is 5.69 Å². The minimum absolute atomic E-state index is 0.0975. The Labute approximate surface area is 244 Å². The second kappa shape index (κ2) is 13.3. The van der Waals surface area contributed by atoms with Crippen LogP contribution in [0.4, 0.5) is 5.69 Å². The Morgan fingerprint density at radius 3 is 2.12 bits per heavy atom. The molecule has 2 amide bonds. The van der Waals surface area contributed by atoms with Crippen molar-refractivity contribution >= 4 is 27.5 Å². The number of amides is 2. The largest absolute Gasteiger partial charge is 0.352 e. The molecule has 1 saturated carbocycles. The fourth-order valence-corrected chi connectivity index (χ4v) is 6.71. The fraction of sp³-hybridized carbons (Fsp3) is 0.394. The van der Waals surface area contributed by atoms with Gasteiger partial charge in [0, 0.05) is 12.6 Å². The molecule has 0 aromatic heterocycles. The molecule has 0 heterocycles. The van der Waals surface area contributed by atoms with Gasteiger partial charge in [-0.3, -0.25) is 13.9 Å².